The predicted octanol–water partition coefficient (Wildman–Crippen LogP) is 7.26. The van der Waals surface area contributed by atoms with E-state index in [-0.39, 0.29) is 6.04 Å². The molecule has 0 spiro atoms. The molecule has 25 heavy (non-hydrogen) atoms. The van der Waals surface area contributed by atoms with Crippen LogP contribution in [0.2, 0.25) is 24.7 Å². The summed E-state index contributed by atoms with van der Waals surface area (Å²) in [5.41, 5.74) is 6.88. The maximum Gasteiger partial charge on any atom is 0.129 e. The molecule has 2 aromatic carbocycles. The second kappa shape index (κ2) is 8.45. The Morgan fingerprint density at radius 1 is 1.04 bits per heavy atom. The van der Waals surface area contributed by atoms with Crippen molar-refractivity contribution in [1.29, 1.82) is 0 Å². The molecule has 0 saturated heterocycles. The first kappa shape index (κ1) is 20.1. The molecule has 1 unspecified atom stereocenters. The lowest BCUT2D eigenvalue weighted by atomic mass is 9.99. The lowest BCUT2D eigenvalue weighted by Gasteiger charge is -2.22. The van der Waals surface area contributed by atoms with Gasteiger partial charge in [0.25, 0.3) is 0 Å². The highest BCUT2D eigenvalue weighted by molar-refractivity contribution is 9.10. The third-order valence-electron chi connectivity index (χ3n) is 3.76. The van der Waals surface area contributed by atoms with Gasteiger partial charge in [0.1, 0.15) is 14.1 Å². The molecule has 0 radical (unpaired) electrons. The van der Waals surface area contributed by atoms with Crippen LogP contribution in [0.25, 0.3) is 0 Å². The Kier molecular flexibility index (Phi) is 6.79. The molecule has 132 valence electrons. The average molecular weight is 435 g/mol. The third kappa shape index (κ3) is 5.64. The quantitative estimate of drug-likeness (QED) is 0.394. The van der Waals surface area contributed by atoms with Gasteiger partial charge in [-0.2, -0.15) is 0 Å². The molecule has 1 atom stereocenters. The van der Waals surface area contributed by atoms with Crippen LogP contribution in [0.15, 0.2) is 46.9 Å². The molecule has 2 aromatic rings. The SMILES string of the molecule is CC(C)c1ccccc1NC(C#C[Si](C)(C)C)c1c(Cl)cccc1Br. The molecule has 0 aromatic heterocycles. The van der Waals surface area contributed by atoms with E-state index in [0.717, 1.165) is 20.7 Å². The fraction of sp³-hybridized carbons (Fsp3) is 0.333. The maximum atomic E-state index is 6.52. The number of para-hydroxylation sites is 1. The van der Waals surface area contributed by atoms with Crippen LogP contribution >= 0.6 is 27.5 Å². The summed E-state index contributed by atoms with van der Waals surface area (Å²) in [6.45, 7) is 11.2. The van der Waals surface area contributed by atoms with Gasteiger partial charge in [0.2, 0.25) is 0 Å². The van der Waals surface area contributed by atoms with Crippen LogP contribution in [0.3, 0.4) is 0 Å². The summed E-state index contributed by atoms with van der Waals surface area (Å²) < 4.78 is 0.976. The van der Waals surface area contributed by atoms with E-state index in [1.54, 1.807) is 0 Å². The Hall–Kier alpha value is -1.21. The number of benzene rings is 2. The summed E-state index contributed by atoms with van der Waals surface area (Å²) in [6.07, 6.45) is 0. The van der Waals surface area contributed by atoms with Gasteiger partial charge in [-0.05, 0) is 29.7 Å². The summed E-state index contributed by atoms with van der Waals surface area (Å²) in [6, 6.07) is 14.1. The van der Waals surface area contributed by atoms with E-state index < -0.39 is 8.07 Å². The fourth-order valence-electron chi connectivity index (χ4n) is 2.54. The van der Waals surface area contributed by atoms with Crippen molar-refractivity contribution >= 4 is 41.3 Å². The maximum absolute atomic E-state index is 6.52. The summed E-state index contributed by atoms with van der Waals surface area (Å²) in [5.74, 6) is 3.89. The lowest BCUT2D eigenvalue weighted by Crippen LogP contribution is -2.19. The number of anilines is 1. The first-order chi connectivity index (χ1) is 11.7. The Balaban J connectivity index is 2.52. The van der Waals surface area contributed by atoms with Gasteiger partial charge in [0.05, 0.1) is 0 Å². The average Bonchev–Trinajstić information content (AvgIpc) is 2.51. The van der Waals surface area contributed by atoms with Gasteiger partial charge in [0, 0.05) is 20.7 Å². The zero-order valence-electron chi connectivity index (χ0n) is 15.5. The molecule has 0 fully saturated rings. The minimum absolute atomic E-state index is 0.158. The van der Waals surface area contributed by atoms with Crippen LogP contribution in [-0.2, 0) is 0 Å². The normalized spacial score (nSPS) is 12.5. The summed E-state index contributed by atoms with van der Waals surface area (Å²) in [4.78, 5) is 0. The van der Waals surface area contributed by atoms with Gasteiger partial charge >= 0.3 is 0 Å². The second-order valence-electron chi connectivity index (χ2n) is 7.47. The summed E-state index contributed by atoms with van der Waals surface area (Å²) in [7, 11) is -1.50. The zero-order chi connectivity index (χ0) is 18.6. The van der Waals surface area contributed by atoms with Crippen LogP contribution < -0.4 is 5.32 Å². The van der Waals surface area contributed by atoms with E-state index in [1.807, 2.05) is 18.2 Å². The number of halogens is 2. The molecule has 0 heterocycles. The van der Waals surface area contributed by atoms with E-state index in [9.17, 15) is 0 Å². The highest BCUT2D eigenvalue weighted by Crippen LogP contribution is 2.34. The first-order valence-corrected chi connectivity index (χ1v) is 13.2. The Labute approximate surface area is 166 Å². The number of rotatable bonds is 4. The minimum atomic E-state index is -1.50. The minimum Gasteiger partial charge on any atom is -0.368 e. The van der Waals surface area contributed by atoms with Crippen molar-refractivity contribution < 1.29 is 0 Å². The number of hydrogen-bond donors (Lipinski definition) is 1. The molecular formula is C21H25BrClNSi. The van der Waals surface area contributed by atoms with Crippen molar-refractivity contribution in [2.75, 3.05) is 5.32 Å². The smallest absolute Gasteiger partial charge is 0.129 e. The molecule has 0 aliphatic carbocycles. The lowest BCUT2D eigenvalue weighted by molar-refractivity contribution is 0.861. The Bertz CT molecular complexity index is 779. The first-order valence-electron chi connectivity index (χ1n) is 8.51. The fourth-order valence-corrected chi connectivity index (χ4v) is 4.11. The highest BCUT2D eigenvalue weighted by Gasteiger charge is 2.19. The van der Waals surface area contributed by atoms with Gasteiger partial charge in [-0.25, -0.2) is 0 Å². The number of nitrogens with one attached hydrogen (secondary N) is 1. The molecule has 2 rings (SSSR count). The van der Waals surface area contributed by atoms with Gasteiger partial charge in [-0.15, -0.1) is 5.54 Å². The molecule has 0 amide bonds. The largest absolute Gasteiger partial charge is 0.368 e. The van der Waals surface area contributed by atoms with Crippen molar-refractivity contribution in [3.05, 3.63) is 63.1 Å². The van der Waals surface area contributed by atoms with Crippen LogP contribution in [0, 0.1) is 11.5 Å². The summed E-state index contributed by atoms with van der Waals surface area (Å²) in [5, 5.41) is 4.35. The summed E-state index contributed by atoms with van der Waals surface area (Å²) >= 11 is 10.2. The van der Waals surface area contributed by atoms with E-state index in [1.165, 1.54) is 5.56 Å². The van der Waals surface area contributed by atoms with Crippen molar-refractivity contribution in [2.24, 2.45) is 0 Å². The van der Waals surface area contributed by atoms with Crippen molar-refractivity contribution in [3.8, 4) is 11.5 Å². The molecule has 0 aliphatic heterocycles. The molecule has 0 aliphatic rings. The van der Waals surface area contributed by atoms with Gasteiger partial charge in [0.15, 0.2) is 0 Å². The number of hydrogen-bond acceptors (Lipinski definition) is 1. The van der Waals surface area contributed by atoms with E-state index in [4.69, 9.17) is 11.6 Å². The molecule has 0 saturated carbocycles. The van der Waals surface area contributed by atoms with Gasteiger partial charge in [-0.3, -0.25) is 0 Å². The van der Waals surface area contributed by atoms with Crippen LogP contribution in [0.1, 0.15) is 36.9 Å². The molecule has 0 bridgehead atoms. The van der Waals surface area contributed by atoms with Gasteiger partial charge in [-0.1, -0.05) is 91.2 Å². The standard InChI is InChI=1S/C21H25BrClNSi/c1-15(2)16-9-6-7-12-19(16)24-20(13-14-25(3,4)5)21-17(22)10-8-11-18(21)23/h6-12,15,20,24H,1-5H3. The Morgan fingerprint density at radius 2 is 1.72 bits per heavy atom. The topological polar surface area (TPSA) is 12.0 Å². The zero-order valence-corrected chi connectivity index (χ0v) is 18.8. The third-order valence-corrected chi connectivity index (χ3v) is 5.68. The van der Waals surface area contributed by atoms with E-state index >= 15 is 0 Å². The predicted molar refractivity (Wildman–Crippen MR) is 117 cm³/mol. The van der Waals surface area contributed by atoms with Gasteiger partial charge < -0.3 is 5.32 Å². The van der Waals surface area contributed by atoms with E-state index in [2.05, 4.69) is 90.5 Å². The van der Waals surface area contributed by atoms with E-state index in [0.29, 0.717) is 5.92 Å². The molecule has 1 nitrogen and oxygen atoms in total. The van der Waals surface area contributed by atoms with Crippen molar-refractivity contribution in [1.82, 2.24) is 0 Å². The van der Waals surface area contributed by atoms with Crippen LogP contribution in [0.5, 0.6) is 0 Å². The van der Waals surface area contributed by atoms with Crippen molar-refractivity contribution in [3.63, 3.8) is 0 Å². The van der Waals surface area contributed by atoms with Crippen LogP contribution in [0.4, 0.5) is 5.69 Å². The molecular weight excluding hydrogens is 410 g/mol. The van der Waals surface area contributed by atoms with Crippen LogP contribution in [-0.4, -0.2) is 8.07 Å². The second-order valence-corrected chi connectivity index (χ2v) is 13.5. The Morgan fingerprint density at radius 3 is 2.32 bits per heavy atom. The molecule has 4 heteroatoms. The highest BCUT2D eigenvalue weighted by atomic mass is 79.9. The van der Waals surface area contributed by atoms with Crippen molar-refractivity contribution in [2.45, 2.75) is 45.4 Å². The monoisotopic (exact) mass is 433 g/mol. The molecule has 1 N–H and O–H groups in total.